The van der Waals surface area contributed by atoms with E-state index >= 15 is 0 Å². The summed E-state index contributed by atoms with van der Waals surface area (Å²) >= 11 is 0. The van der Waals surface area contributed by atoms with E-state index in [1.54, 1.807) is 0 Å². The lowest BCUT2D eigenvalue weighted by Crippen LogP contribution is -2.36. The zero-order chi connectivity index (χ0) is 42.4. The third-order valence-corrected chi connectivity index (χ3v) is 14.9. The second-order valence-electron chi connectivity index (χ2n) is 17.9. The monoisotopic (exact) mass is 830 g/mol. The van der Waals surface area contributed by atoms with Gasteiger partial charge in [-0.05, 0) is 123 Å². The van der Waals surface area contributed by atoms with Crippen molar-refractivity contribution in [2.24, 2.45) is 0 Å². The smallest absolute Gasteiger partial charge is 0.174 e. The van der Waals surface area contributed by atoms with Gasteiger partial charge >= 0.3 is 0 Å². The molecule has 65 heavy (non-hydrogen) atoms. The van der Waals surface area contributed by atoms with Gasteiger partial charge in [0.05, 0.1) is 46.0 Å². The van der Waals surface area contributed by atoms with Crippen molar-refractivity contribution in [1.82, 2.24) is 4.57 Å². The third-order valence-electron chi connectivity index (χ3n) is 14.9. The Morgan fingerprint density at radius 3 is 2.09 bits per heavy atom. The van der Waals surface area contributed by atoms with E-state index in [1.165, 1.54) is 83.2 Å². The molecule has 0 bridgehead atoms. The Labute approximate surface area is 375 Å². The van der Waals surface area contributed by atoms with E-state index < -0.39 is 5.41 Å². The van der Waals surface area contributed by atoms with Crippen molar-refractivity contribution in [1.29, 1.82) is 0 Å². The number of anilines is 3. The lowest BCUT2D eigenvalue weighted by atomic mass is 9.64. The molecule has 4 nitrogen and oxygen atoms in total. The summed E-state index contributed by atoms with van der Waals surface area (Å²) in [6.45, 7) is 0. The fourth-order valence-corrected chi connectivity index (χ4v) is 12.3. The summed E-state index contributed by atoms with van der Waals surface area (Å²) in [4.78, 5) is 2.57. The predicted octanol–water partition coefficient (Wildman–Crippen LogP) is 15.4. The average Bonchev–Trinajstić information content (AvgIpc) is 4.17. The number of hydrogen-bond donors (Lipinski definition) is 0. The second kappa shape index (κ2) is 12.9. The molecule has 7 aromatic carbocycles. The quantitative estimate of drug-likeness (QED) is 0.177. The van der Waals surface area contributed by atoms with Gasteiger partial charge in [-0.3, -0.25) is 0 Å². The first-order valence-corrected chi connectivity index (χ1v) is 22.6. The molecule has 4 heteroatoms. The van der Waals surface area contributed by atoms with E-state index in [0.717, 1.165) is 51.6 Å². The van der Waals surface area contributed by atoms with Crippen LogP contribution < -0.4 is 4.90 Å². The average molecular weight is 831 g/mol. The number of benzene rings is 7. The Kier molecular flexibility index (Phi) is 6.96. The van der Waals surface area contributed by atoms with Crippen LogP contribution in [0.1, 0.15) is 50.4 Å². The Balaban J connectivity index is 0.987. The van der Waals surface area contributed by atoms with Crippen LogP contribution in [0.15, 0.2) is 227 Å². The van der Waals surface area contributed by atoms with Crippen LogP contribution in [0, 0.1) is 0 Å². The second-order valence-corrected chi connectivity index (χ2v) is 17.9. The van der Waals surface area contributed by atoms with Gasteiger partial charge in [0.2, 0.25) is 0 Å². The van der Waals surface area contributed by atoms with Gasteiger partial charge in [0.15, 0.2) is 11.5 Å². The molecule has 1 aliphatic heterocycles. The zero-order valence-corrected chi connectivity index (χ0v) is 35.2. The van der Waals surface area contributed by atoms with Crippen LogP contribution in [-0.2, 0) is 11.8 Å². The van der Waals surface area contributed by atoms with Crippen LogP contribution in [-0.4, -0.2) is 4.57 Å². The molecular formula is C61H38N2O2. The fraction of sp³-hybridized carbons (Fsp3) is 0.0492. The van der Waals surface area contributed by atoms with Gasteiger partial charge in [-0.25, -0.2) is 0 Å². The predicted molar refractivity (Wildman–Crippen MR) is 262 cm³/mol. The van der Waals surface area contributed by atoms with Crippen molar-refractivity contribution >= 4 is 50.5 Å². The molecule has 15 rings (SSSR count). The molecule has 0 N–H and O–H groups in total. The molecule has 0 amide bonds. The molecule has 5 aliphatic rings. The summed E-state index contributed by atoms with van der Waals surface area (Å²) in [6.07, 6.45) is 16.5. The number of nitrogens with zero attached hydrogens (tertiary/aromatic N) is 2. The van der Waals surface area contributed by atoms with Crippen LogP contribution in [0.5, 0.6) is 0 Å². The van der Waals surface area contributed by atoms with Crippen LogP contribution in [0.2, 0.25) is 0 Å². The highest BCUT2D eigenvalue weighted by Gasteiger charge is 2.55. The molecule has 1 unspecified atom stereocenters. The lowest BCUT2D eigenvalue weighted by molar-refractivity contribution is 0.525. The topological polar surface area (TPSA) is 34.5 Å². The molecule has 1 spiro atoms. The van der Waals surface area contributed by atoms with Gasteiger partial charge < -0.3 is 18.3 Å². The standard InChI is InChI=1S/C61H38N2O2/c1-3-12-37(13-4-1)40-14-11-15-41(34-40)43-26-22-38-24-28-46-53(29-25-39-23-27-45(43)57(38)58(39)46)63-54-21-10-8-19-48(54)61(49-30-32-64-59(49)60-50(61)31-33-65-60)51-35-47-44-18-7-9-20-52(44)62(55(47)36-56(51)63)42-16-5-2-6-17-42/h1-22,24-36,57H,23H2. The third kappa shape index (κ3) is 4.55. The van der Waals surface area contributed by atoms with E-state index in [2.05, 4.69) is 210 Å². The molecule has 10 aromatic rings. The van der Waals surface area contributed by atoms with Crippen molar-refractivity contribution in [3.05, 3.63) is 262 Å². The molecule has 0 fully saturated rings. The number of hydrogen-bond acceptors (Lipinski definition) is 3. The van der Waals surface area contributed by atoms with E-state index in [0.29, 0.717) is 0 Å². The van der Waals surface area contributed by atoms with Gasteiger partial charge in [0, 0.05) is 39.1 Å². The molecule has 4 heterocycles. The largest absolute Gasteiger partial charge is 0.461 e. The number of para-hydroxylation sites is 3. The first-order chi connectivity index (χ1) is 32.3. The van der Waals surface area contributed by atoms with Gasteiger partial charge in [-0.1, -0.05) is 140 Å². The van der Waals surface area contributed by atoms with Crippen LogP contribution >= 0.6 is 0 Å². The van der Waals surface area contributed by atoms with Crippen molar-refractivity contribution in [2.75, 3.05) is 4.90 Å². The minimum atomic E-state index is -0.679. The number of fused-ring (bicyclic) bond motifs is 12. The van der Waals surface area contributed by atoms with Gasteiger partial charge in [-0.2, -0.15) is 0 Å². The maximum atomic E-state index is 6.34. The van der Waals surface area contributed by atoms with E-state index in [9.17, 15) is 0 Å². The molecule has 0 saturated heterocycles. The molecule has 1 atom stereocenters. The highest BCUT2D eigenvalue weighted by molar-refractivity contribution is 6.12. The summed E-state index contributed by atoms with van der Waals surface area (Å²) in [6, 6.07) is 62.5. The number of furan rings is 2. The summed E-state index contributed by atoms with van der Waals surface area (Å²) in [5.74, 6) is 1.73. The summed E-state index contributed by atoms with van der Waals surface area (Å²) < 4.78 is 15.1. The first kappa shape index (κ1) is 35.2. The van der Waals surface area contributed by atoms with Gasteiger partial charge in [0.25, 0.3) is 0 Å². The number of rotatable bonds is 4. The summed E-state index contributed by atoms with van der Waals surface area (Å²) in [7, 11) is 0. The van der Waals surface area contributed by atoms with Crippen molar-refractivity contribution in [2.45, 2.75) is 17.8 Å². The molecule has 0 saturated carbocycles. The van der Waals surface area contributed by atoms with Gasteiger partial charge in [0.1, 0.15) is 0 Å². The SMILES string of the molecule is C1=Cc2c(N3c4ccccc4C4(c5cc6c7ccccc7n(-c7ccccc7)c6cc53)c3ccoc3-c3occc34)ccc3c2C2C1=CC=C(c1cccc(-c4ccccc4)c1)C2=CC3. The molecule has 4 aliphatic carbocycles. The fourth-order valence-electron chi connectivity index (χ4n) is 12.3. The summed E-state index contributed by atoms with van der Waals surface area (Å²) in [5, 5.41) is 2.42. The number of aromatic nitrogens is 1. The van der Waals surface area contributed by atoms with Crippen LogP contribution in [0.3, 0.4) is 0 Å². The Morgan fingerprint density at radius 2 is 1.25 bits per heavy atom. The van der Waals surface area contributed by atoms with Crippen LogP contribution in [0.25, 0.3) is 61.8 Å². The van der Waals surface area contributed by atoms with E-state index in [4.69, 9.17) is 8.83 Å². The van der Waals surface area contributed by atoms with Crippen molar-refractivity contribution in [3.63, 3.8) is 0 Å². The van der Waals surface area contributed by atoms with Gasteiger partial charge in [-0.15, -0.1) is 0 Å². The summed E-state index contributed by atoms with van der Waals surface area (Å²) in [5.41, 5.74) is 22.7. The normalized spacial score (nSPS) is 16.7. The Bertz CT molecular complexity index is 3770. The maximum Gasteiger partial charge on any atom is 0.174 e. The lowest BCUT2D eigenvalue weighted by Gasteiger charge is -2.45. The Morgan fingerprint density at radius 1 is 0.508 bits per heavy atom. The van der Waals surface area contributed by atoms with Crippen LogP contribution in [0.4, 0.5) is 17.1 Å². The molecule has 0 radical (unpaired) electrons. The number of allylic oxidation sites excluding steroid dienone is 7. The highest BCUT2D eigenvalue weighted by atomic mass is 16.4. The molecule has 304 valence electrons. The minimum Gasteiger partial charge on any atom is -0.461 e. The van der Waals surface area contributed by atoms with E-state index in [-0.39, 0.29) is 5.92 Å². The Hall–Kier alpha value is -8.34. The van der Waals surface area contributed by atoms with Crippen molar-refractivity contribution < 1.29 is 8.83 Å². The maximum absolute atomic E-state index is 6.34. The first-order valence-electron chi connectivity index (χ1n) is 22.6. The minimum absolute atomic E-state index is 0.129. The van der Waals surface area contributed by atoms with Crippen molar-refractivity contribution in [3.8, 4) is 28.3 Å². The molecular weight excluding hydrogens is 793 g/mol. The molecule has 3 aromatic heterocycles. The zero-order valence-electron chi connectivity index (χ0n) is 35.2. The van der Waals surface area contributed by atoms with E-state index in [1.807, 2.05) is 12.5 Å². The highest BCUT2D eigenvalue weighted by Crippen LogP contribution is 2.65.